The molecule has 206 valence electrons. The van der Waals surface area contributed by atoms with Crippen molar-refractivity contribution >= 4 is 23.1 Å². The maximum Gasteiger partial charge on any atom is 0.159 e. The first kappa shape index (κ1) is 26.6. The molecule has 2 aromatic heterocycles. The van der Waals surface area contributed by atoms with Crippen LogP contribution in [0.5, 0.6) is 0 Å². The van der Waals surface area contributed by atoms with E-state index in [4.69, 9.17) is 0 Å². The summed E-state index contributed by atoms with van der Waals surface area (Å²) in [5.74, 6) is 0.669. The number of aromatic nitrogens is 2. The summed E-state index contributed by atoms with van der Waals surface area (Å²) >= 11 is 0. The van der Waals surface area contributed by atoms with Crippen LogP contribution in [0.1, 0.15) is 76.7 Å². The summed E-state index contributed by atoms with van der Waals surface area (Å²) in [5, 5.41) is 4.67. The second-order valence-corrected chi connectivity index (χ2v) is 11.7. The molecule has 0 radical (unpaired) electrons. The monoisotopic (exact) mass is 531 g/mol. The molecule has 4 nitrogen and oxygen atoms in total. The molecule has 1 aromatic carbocycles. The van der Waals surface area contributed by atoms with Gasteiger partial charge in [-0.25, -0.2) is 4.52 Å². The van der Waals surface area contributed by atoms with Crippen LogP contribution in [0.4, 0.5) is 5.69 Å². The molecular formula is C36H41N3O. The van der Waals surface area contributed by atoms with E-state index >= 15 is 0 Å². The topological polar surface area (TPSA) is 37.6 Å². The molecule has 4 heteroatoms. The first-order valence-electron chi connectivity index (χ1n) is 15.2. The minimum atomic E-state index is 0.275. The number of nitrogens with zero attached hydrogens (tertiary/aromatic N) is 3. The summed E-state index contributed by atoms with van der Waals surface area (Å²) in [6.45, 7) is 4.10. The number of fused-ring (bicyclic) bond motifs is 2. The van der Waals surface area contributed by atoms with E-state index in [1.165, 1.54) is 59.2 Å². The number of ketones is 1. The molecule has 2 aliphatic carbocycles. The lowest BCUT2D eigenvalue weighted by molar-refractivity contribution is -0.114. The Labute approximate surface area is 238 Å². The quantitative estimate of drug-likeness (QED) is 0.309. The predicted octanol–water partition coefficient (Wildman–Crippen LogP) is 8.75. The summed E-state index contributed by atoms with van der Waals surface area (Å²) in [4.78, 5) is 15.1. The molecule has 0 amide bonds. The van der Waals surface area contributed by atoms with Gasteiger partial charge in [0.1, 0.15) is 0 Å². The Morgan fingerprint density at radius 3 is 2.77 bits per heavy atom. The van der Waals surface area contributed by atoms with Gasteiger partial charge in [0.05, 0.1) is 11.2 Å². The van der Waals surface area contributed by atoms with Gasteiger partial charge in [0.15, 0.2) is 5.78 Å². The van der Waals surface area contributed by atoms with E-state index in [2.05, 4.69) is 83.8 Å². The van der Waals surface area contributed by atoms with E-state index in [-0.39, 0.29) is 5.78 Å². The molecule has 1 aliphatic heterocycles. The molecule has 0 spiro atoms. The summed E-state index contributed by atoms with van der Waals surface area (Å²) in [7, 11) is 0. The molecule has 0 saturated heterocycles. The van der Waals surface area contributed by atoms with Gasteiger partial charge in [0, 0.05) is 43.4 Å². The third-order valence-electron chi connectivity index (χ3n) is 8.70. The fraction of sp³-hybridized carbons (Fsp3) is 0.389. The van der Waals surface area contributed by atoms with Crippen LogP contribution >= 0.6 is 0 Å². The molecule has 1 unspecified atom stereocenters. The molecule has 3 heterocycles. The van der Waals surface area contributed by atoms with Crippen molar-refractivity contribution < 1.29 is 4.79 Å². The number of rotatable bonds is 5. The minimum absolute atomic E-state index is 0.275. The number of allylic oxidation sites excluding steroid dienone is 5. The molecule has 1 atom stereocenters. The van der Waals surface area contributed by atoms with Crippen LogP contribution in [-0.2, 0) is 4.79 Å². The second-order valence-electron chi connectivity index (χ2n) is 11.7. The van der Waals surface area contributed by atoms with E-state index in [0.717, 1.165) is 50.7 Å². The normalized spacial score (nSPS) is 22.1. The highest BCUT2D eigenvalue weighted by Crippen LogP contribution is 2.35. The third-order valence-corrected chi connectivity index (χ3v) is 8.70. The van der Waals surface area contributed by atoms with Crippen molar-refractivity contribution in [2.45, 2.75) is 71.1 Å². The fourth-order valence-electron chi connectivity index (χ4n) is 6.68. The lowest BCUT2D eigenvalue weighted by atomic mass is 9.90. The zero-order valence-corrected chi connectivity index (χ0v) is 23.8. The predicted molar refractivity (Wildman–Crippen MR) is 166 cm³/mol. The van der Waals surface area contributed by atoms with E-state index in [9.17, 15) is 4.79 Å². The standard InChI is InChI=1S/C36H41N3O/c1-2-9-29-21-32-25-38(19-8-12-31(32)23-34(40)22-29)35-17-18-37-39-26-33(24-36(35)39)30-15-13-28(14-16-30)20-27-10-6-4-3-5-7-11-27/h3-4,12-18,20,22,24,26,32H,2,5-11,19,21,23,25H2,1H3/b4-3+,27-20+. The largest absolute Gasteiger partial charge is 0.369 e. The number of hydrogen-bond donors (Lipinski definition) is 0. The van der Waals surface area contributed by atoms with Crippen LogP contribution < -0.4 is 4.90 Å². The summed E-state index contributed by atoms with van der Waals surface area (Å²) in [5.41, 5.74) is 10.3. The van der Waals surface area contributed by atoms with E-state index in [0.29, 0.717) is 12.3 Å². The Balaban J connectivity index is 1.23. The van der Waals surface area contributed by atoms with Gasteiger partial charge in [-0.15, -0.1) is 0 Å². The highest BCUT2D eigenvalue weighted by Gasteiger charge is 2.27. The summed E-state index contributed by atoms with van der Waals surface area (Å²) < 4.78 is 2.03. The van der Waals surface area contributed by atoms with Crippen LogP contribution in [0.25, 0.3) is 22.7 Å². The average molecular weight is 532 g/mol. The lowest BCUT2D eigenvalue weighted by Gasteiger charge is -2.28. The van der Waals surface area contributed by atoms with Crippen LogP contribution in [0, 0.1) is 5.92 Å². The van der Waals surface area contributed by atoms with Gasteiger partial charge in [-0.2, -0.15) is 5.10 Å². The number of benzene rings is 1. The van der Waals surface area contributed by atoms with Crippen molar-refractivity contribution in [1.29, 1.82) is 0 Å². The van der Waals surface area contributed by atoms with E-state index in [1.54, 1.807) is 5.57 Å². The van der Waals surface area contributed by atoms with Crippen molar-refractivity contribution in [3.8, 4) is 11.1 Å². The lowest BCUT2D eigenvalue weighted by Crippen LogP contribution is -2.30. The van der Waals surface area contributed by atoms with E-state index < -0.39 is 0 Å². The molecule has 0 saturated carbocycles. The molecular weight excluding hydrogens is 490 g/mol. The molecule has 0 bridgehead atoms. The van der Waals surface area contributed by atoms with Crippen LogP contribution in [0.15, 0.2) is 89.8 Å². The van der Waals surface area contributed by atoms with Gasteiger partial charge in [0.2, 0.25) is 0 Å². The van der Waals surface area contributed by atoms with Crippen LogP contribution in [0.3, 0.4) is 0 Å². The average Bonchev–Trinajstić information content (AvgIpc) is 3.20. The van der Waals surface area contributed by atoms with Gasteiger partial charge in [-0.05, 0) is 80.7 Å². The Morgan fingerprint density at radius 1 is 1.02 bits per heavy atom. The minimum Gasteiger partial charge on any atom is -0.369 e. The van der Waals surface area contributed by atoms with Gasteiger partial charge in [-0.1, -0.05) is 78.6 Å². The number of anilines is 1. The Hall–Kier alpha value is -3.66. The maximum atomic E-state index is 12.6. The molecule has 3 aliphatic rings. The summed E-state index contributed by atoms with van der Waals surface area (Å²) in [6, 6.07) is 13.4. The maximum absolute atomic E-state index is 12.6. The molecule has 6 rings (SSSR count). The second kappa shape index (κ2) is 12.2. The zero-order valence-electron chi connectivity index (χ0n) is 23.8. The van der Waals surface area contributed by atoms with Crippen LogP contribution in [-0.4, -0.2) is 28.5 Å². The van der Waals surface area contributed by atoms with Crippen LogP contribution in [0.2, 0.25) is 0 Å². The molecule has 0 N–H and O–H groups in total. The van der Waals surface area contributed by atoms with Gasteiger partial charge in [0.25, 0.3) is 0 Å². The number of carbonyl (C=O) groups is 1. The van der Waals surface area contributed by atoms with Crippen molar-refractivity contribution in [3.63, 3.8) is 0 Å². The first-order valence-corrected chi connectivity index (χ1v) is 15.2. The smallest absolute Gasteiger partial charge is 0.159 e. The van der Waals surface area contributed by atoms with Crippen molar-refractivity contribution in [2.75, 3.05) is 18.0 Å². The summed E-state index contributed by atoms with van der Waals surface area (Å²) in [6.07, 6.45) is 26.0. The molecule has 0 fully saturated rings. The number of hydrogen-bond acceptors (Lipinski definition) is 3. The van der Waals surface area contributed by atoms with Crippen molar-refractivity contribution in [3.05, 3.63) is 95.4 Å². The molecule has 3 aromatic rings. The Morgan fingerprint density at radius 2 is 1.90 bits per heavy atom. The zero-order chi connectivity index (χ0) is 27.3. The van der Waals surface area contributed by atoms with Crippen molar-refractivity contribution in [2.24, 2.45) is 5.92 Å². The highest BCUT2D eigenvalue weighted by molar-refractivity contribution is 5.92. The first-order chi connectivity index (χ1) is 19.7. The van der Waals surface area contributed by atoms with E-state index in [1.807, 2.05) is 16.8 Å². The van der Waals surface area contributed by atoms with Gasteiger partial charge >= 0.3 is 0 Å². The number of carbonyl (C=O) groups excluding carboxylic acids is 1. The molecule has 40 heavy (non-hydrogen) atoms. The Bertz CT molecular complexity index is 1480. The third kappa shape index (κ3) is 6.06. The Kier molecular flexibility index (Phi) is 8.13. The SMILES string of the molecule is CCCC1=CC(=O)CC2=CCCN(c3ccnn4cc(-c5ccc(/C=C6\CC/C=C/CCC6)cc5)cc34)CC2C1. The fourth-order valence-corrected chi connectivity index (χ4v) is 6.68. The van der Waals surface area contributed by atoms with Gasteiger partial charge in [-0.3, -0.25) is 4.79 Å². The highest BCUT2D eigenvalue weighted by atomic mass is 16.1. The van der Waals surface area contributed by atoms with Gasteiger partial charge < -0.3 is 4.90 Å². The van der Waals surface area contributed by atoms with Crippen molar-refractivity contribution in [1.82, 2.24) is 9.61 Å².